The minimum absolute atomic E-state index is 0.756. The fraction of sp³-hybridized carbons (Fsp3) is 0.941. The zero-order valence-electron chi connectivity index (χ0n) is 33.0. The van der Waals surface area contributed by atoms with Crippen LogP contribution in [0.25, 0.3) is 0 Å². The highest BCUT2D eigenvalue weighted by Crippen LogP contribution is 2.37. The van der Waals surface area contributed by atoms with Gasteiger partial charge in [-0.25, -0.2) is 0 Å². The number of carbonyl (C=O) groups excluding carboxylic acids is 2. The van der Waals surface area contributed by atoms with Crippen molar-refractivity contribution in [1.82, 2.24) is 10.6 Å². The van der Waals surface area contributed by atoms with Crippen molar-refractivity contribution in [2.75, 3.05) is 26.4 Å². The molecule has 25 atom stereocenters. The number of amides is 2. The summed E-state index contributed by atoms with van der Waals surface area (Å²) in [6.07, 6.45) is -41.8. The molecule has 0 aromatic carbocycles. The first-order chi connectivity index (χ1) is 28.8. The van der Waals surface area contributed by atoms with Crippen LogP contribution < -0.4 is 10.6 Å². The molecule has 5 aliphatic rings. The Hall–Kier alpha value is -1.98. The van der Waals surface area contributed by atoms with E-state index in [4.69, 9.17) is 42.6 Å². The second kappa shape index (κ2) is 21.3. The average molecular weight is 895 g/mol. The molecule has 0 bridgehead atoms. The van der Waals surface area contributed by atoms with Crippen molar-refractivity contribution in [3.8, 4) is 0 Å². The molecule has 354 valence electrons. The van der Waals surface area contributed by atoms with Gasteiger partial charge >= 0.3 is 0 Å². The lowest BCUT2D eigenvalue weighted by Crippen LogP contribution is -2.71. The van der Waals surface area contributed by atoms with Crippen molar-refractivity contribution in [3.63, 3.8) is 0 Å². The van der Waals surface area contributed by atoms with Crippen LogP contribution in [0.15, 0.2) is 0 Å². The molecule has 0 aliphatic carbocycles. The van der Waals surface area contributed by atoms with Gasteiger partial charge < -0.3 is 125 Å². The molecule has 5 fully saturated rings. The molecule has 0 unspecified atom stereocenters. The van der Waals surface area contributed by atoms with Gasteiger partial charge in [0.2, 0.25) is 11.8 Å². The summed E-state index contributed by atoms with van der Waals surface area (Å²) in [5, 5.41) is 153. The smallest absolute Gasteiger partial charge is 0.217 e. The molecule has 0 saturated carbocycles. The van der Waals surface area contributed by atoms with Crippen LogP contribution in [0.2, 0.25) is 0 Å². The molecule has 61 heavy (non-hydrogen) atoms. The van der Waals surface area contributed by atoms with Gasteiger partial charge in [-0.1, -0.05) is 0 Å². The number of rotatable bonds is 14. The predicted molar refractivity (Wildman–Crippen MR) is 188 cm³/mol. The zero-order chi connectivity index (χ0) is 45.2. The second-order valence-electron chi connectivity index (χ2n) is 15.4. The van der Waals surface area contributed by atoms with Crippen LogP contribution in [0.5, 0.6) is 0 Å². The van der Waals surface area contributed by atoms with Crippen molar-refractivity contribution in [3.05, 3.63) is 0 Å². The minimum Gasteiger partial charge on any atom is -0.394 e. The average Bonchev–Trinajstić information content (AvgIpc) is 3.22. The number of aliphatic hydroxyl groups is 14. The van der Waals surface area contributed by atoms with Crippen molar-refractivity contribution in [1.29, 1.82) is 0 Å². The van der Waals surface area contributed by atoms with Gasteiger partial charge in [0.25, 0.3) is 0 Å². The molecule has 27 heteroatoms. The van der Waals surface area contributed by atoms with Crippen LogP contribution in [0.4, 0.5) is 0 Å². The molecule has 0 aromatic heterocycles. The van der Waals surface area contributed by atoms with E-state index < -0.39 is 192 Å². The number of hydrogen-bond donors (Lipinski definition) is 16. The van der Waals surface area contributed by atoms with E-state index in [0.717, 1.165) is 13.8 Å². The third-order valence-corrected chi connectivity index (χ3v) is 11.1. The molecule has 0 radical (unpaired) electrons. The molecule has 27 nitrogen and oxygen atoms in total. The Kier molecular flexibility index (Phi) is 17.5. The third-order valence-electron chi connectivity index (χ3n) is 11.1. The number of aliphatic hydroxyl groups excluding tert-OH is 14. The number of nitrogens with one attached hydrogen (secondary N) is 2. The standard InChI is InChI=1S/C34H58N2O25/c1-8-17(43)23(49)24(50)33(53-8)61-29-28(60-31-15(35-9(2)41)21(47)18(44)11(4-37)55-31)20(46)13(6-39)56-34(29)58-26-14(7-40)57-32(16(22(26)48)36-10(3)42)59-27-19(45)12(5-38)54-30(52)25(27)51/h8,11-34,37-40,43-52H,4-7H2,1-3H3,(H,35,41)(H,36,42)/t8-,11+,12+,13+,14+,15+,16+,17+,18-,19-,20-,21+,22+,23+,24-,25+,26-,27-,28-,29+,30+,31+,32-,33-,34-/m0/s1. The van der Waals surface area contributed by atoms with Crippen LogP contribution >= 0.6 is 0 Å². The second-order valence-corrected chi connectivity index (χ2v) is 15.4. The predicted octanol–water partition coefficient (Wildman–Crippen LogP) is -10.6. The lowest BCUT2D eigenvalue weighted by Gasteiger charge is -2.51. The maximum absolute atomic E-state index is 12.4. The van der Waals surface area contributed by atoms with Crippen LogP contribution in [-0.4, -0.2) is 263 Å². The van der Waals surface area contributed by atoms with Crippen LogP contribution in [0.1, 0.15) is 20.8 Å². The fourth-order valence-electron chi connectivity index (χ4n) is 7.75. The molecule has 0 spiro atoms. The van der Waals surface area contributed by atoms with E-state index in [-0.39, 0.29) is 0 Å². The molecule has 0 aromatic rings. The van der Waals surface area contributed by atoms with Gasteiger partial charge in [-0.05, 0) is 6.92 Å². The van der Waals surface area contributed by atoms with Crippen molar-refractivity contribution >= 4 is 11.8 Å². The van der Waals surface area contributed by atoms with E-state index in [1.54, 1.807) is 0 Å². The quantitative estimate of drug-likeness (QED) is 0.0770. The highest BCUT2D eigenvalue weighted by molar-refractivity contribution is 5.73. The van der Waals surface area contributed by atoms with E-state index in [0.29, 0.717) is 0 Å². The summed E-state index contributed by atoms with van der Waals surface area (Å²) >= 11 is 0. The zero-order valence-corrected chi connectivity index (χ0v) is 33.0. The molecular formula is C34H58N2O25. The maximum atomic E-state index is 12.4. The van der Waals surface area contributed by atoms with E-state index in [9.17, 15) is 81.1 Å². The first-order valence-corrected chi connectivity index (χ1v) is 19.5. The summed E-state index contributed by atoms with van der Waals surface area (Å²) in [5.41, 5.74) is 0. The molecule has 5 heterocycles. The normalized spacial score (nSPS) is 49.6. The number of carbonyl (C=O) groups is 2. The highest BCUT2D eigenvalue weighted by atomic mass is 16.8. The molecule has 2 amide bonds. The van der Waals surface area contributed by atoms with Gasteiger partial charge in [-0.3, -0.25) is 9.59 Å². The Morgan fingerprint density at radius 2 is 0.869 bits per heavy atom. The van der Waals surface area contributed by atoms with E-state index >= 15 is 0 Å². The van der Waals surface area contributed by atoms with Crippen LogP contribution in [-0.2, 0) is 52.2 Å². The monoisotopic (exact) mass is 894 g/mol. The summed E-state index contributed by atoms with van der Waals surface area (Å²) in [6, 6.07) is -3.32. The summed E-state index contributed by atoms with van der Waals surface area (Å²) in [5.74, 6) is -1.56. The molecular weight excluding hydrogens is 836 g/mol. The Morgan fingerprint density at radius 3 is 1.43 bits per heavy atom. The Balaban J connectivity index is 1.52. The van der Waals surface area contributed by atoms with Crippen LogP contribution in [0, 0.1) is 0 Å². The Labute approximate surface area is 346 Å². The van der Waals surface area contributed by atoms with E-state index in [1.165, 1.54) is 6.92 Å². The summed E-state index contributed by atoms with van der Waals surface area (Å²) < 4.78 is 52.0. The van der Waals surface area contributed by atoms with Crippen LogP contribution in [0.3, 0.4) is 0 Å². The minimum atomic E-state index is -2.04. The van der Waals surface area contributed by atoms with Crippen molar-refractivity contribution < 1.29 is 124 Å². The van der Waals surface area contributed by atoms with Gasteiger partial charge in [-0.15, -0.1) is 0 Å². The summed E-state index contributed by atoms with van der Waals surface area (Å²) in [4.78, 5) is 24.6. The first kappa shape index (κ1) is 50.0. The van der Waals surface area contributed by atoms with Gasteiger partial charge in [0, 0.05) is 13.8 Å². The summed E-state index contributed by atoms with van der Waals surface area (Å²) in [6.45, 7) is -0.327. The summed E-state index contributed by atoms with van der Waals surface area (Å²) in [7, 11) is 0. The fourth-order valence-corrected chi connectivity index (χ4v) is 7.75. The first-order valence-electron chi connectivity index (χ1n) is 19.5. The Bertz CT molecular complexity index is 1420. The largest absolute Gasteiger partial charge is 0.394 e. The molecule has 5 aliphatic heterocycles. The van der Waals surface area contributed by atoms with Crippen molar-refractivity contribution in [2.24, 2.45) is 0 Å². The van der Waals surface area contributed by atoms with E-state index in [1.807, 2.05) is 0 Å². The van der Waals surface area contributed by atoms with Gasteiger partial charge in [0.1, 0.15) is 116 Å². The molecule has 5 saturated heterocycles. The van der Waals surface area contributed by atoms with Gasteiger partial charge in [0.05, 0.1) is 32.5 Å². The number of ether oxygens (including phenoxy) is 9. The Morgan fingerprint density at radius 1 is 0.426 bits per heavy atom. The SMILES string of the molecule is CC(=O)N[C@H]1[C@H](O[C@@H]2[C@@H](O)[C@H](O)O[C@H](CO)[C@@H]2O)O[C@H](CO)[C@H](O[C@@H]2O[C@H](CO)[C@H](O)[C@H](O[C@H]3O[C@H](CO)[C@H](O)[C@H](O)[C@H]3NC(C)=O)[C@H]2O[C@@H]2O[C@@H](C)[C@@H](O)[C@@H](O)[C@@H]2O)[C@@H]1O. The maximum Gasteiger partial charge on any atom is 0.217 e. The van der Waals surface area contributed by atoms with Gasteiger partial charge in [0.15, 0.2) is 31.5 Å². The lowest BCUT2D eigenvalue weighted by atomic mass is 9.94. The van der Waals surface area contributed by atoms with Crippen molar-refractivity contribution in [2.45, 2.75) is 174 Å². The molecule has 16 N–H and O–H groups in total. The molecule has 5 rings (SSSR count). The topological polar surface area (TPSA) is 424 Å². The van der Waals surface area contributed by atoms with E-state index in [2.05, 4.69) is 10.6 Å². The highest BCUT2D eigenvalue weighted by Gasteiger charge is 2.58. The third kappa shape index (κ3) is 10.8. The lowest BCUT2D eigenvalue weighted by molar-refractivity contribution is -0.401. The van der Waals surface area contributed by atoms with Gasteiger partial charge in [-0.2, -0.15) is 0 Å². The number of hydrogen-bond acceptors (Lipinski definition) is 25.